The molecule has 2 aromatic heterocycles. The van der Waals surface area contributed by atoms with Gasteiger partial charge in [0.2, 0.25) is 0 Å². The number of halogens is 1. The summed E-state index contributed by atoms with van der Waals surface area (Å²) >= 11 is 0. The number of para-hydroxylation sites is 1. The van der Waals surface area contributed by atoms with Crippen molar-refractivity contribution in [2.24, 2.45) is 0 Å². The van der Waals surface area contributed by atoms with Gasteiger partial charge < -0.3 is 4.98 Å². The van der Waals surface area contributed by atoms with Gasteiger partial charge in [0.1, 0.15) is 5.82 Å². The lowest BCUT2D eigenvalue weighted by molar-refractivity contribution is 0.628. The van der Waals surface area contributed by atoms with Crippen molar-refractivity contribution in [3.8, 4) is 11.1 Å². The summed E-state index contributed by atoms with van der Waals surface area (Å²) in [6, 6.07) is 20.0. The molecule has 5 heteroatoms. The highest BCUT2D eigenvalue weighted by Gasteiger charge is 2.08. The maximum absolute atomic E-state index is 13.2. The number of hydrogen-bond donors (Lipinski definition) is 1. The van der Waals surface area contributed by atoms with Crippen LogP contribution in [0.3, 0.4) is 0 Å². The van der Waals surface area contributed by atoms with Gasteiger partial charge in [-0.3, -0.25) is 9.36 Å². The molecule has 0 fully saturated rings. The Morgan fingerprint density at radius 3 is 2.59 bits per heavy atom. The van der Waals surface area contributed by atoms with E-state index < -0.39 is 0 Å². The van der Waals surface area contributed by atoms with Crippen molar-refractivity contribution < 1.29 is 4.39 Å². The van der Waals surface area contributed by atoms with E-state index in [4.69, 9.17) is 0 Å². The summed E-state index contributed by atoms with van der Waals surface area (Å²) < 4.78 is 14.9. The van der Waals surface area contributed by atoms with Crippen molar-refractivity contribution in [1.29, 1.82) is 0 Å². The van der Waals surface area contributed by atoms with Crippen LogP contribution in [0.25, 0.3) is 32.9 Å². The van der Waals surface area contributed by atoms with Gasteiger partial charge in [-0.05, 0) is 53.4 Å². The third-order valence-corrected chi connectivity index (χ3v) is 5.30. The Hall–Kier alpha value is -3.73. The van der Waals surface area contributed by atoms with Crippen molar-refractivity contribution in [3.63, 3.8) is 0 Å². The van der Waals surface area contributed by atoms with E-state index in [9.17, 15) is 9.18 Å². The quantitative estimate of drug-likeness (QED) is 0.479. The molecular formula is C24H18FN3O. The molecule has 0 saturated heterocycles. The molecule has 0 atom stereocenters. The molecule has 4 nitrogen and oxygen atoms in total. The largest absolute Gasteiger partial charge is 0.361 e. The van der Waals surface area contributed by atoms with Crippen molar-refractivity contribution >= 4 is 21.8 Å². The zero-order valence-electron chi connectivity index (χ0n) is 15.6. The third-order valence-electron chi connectivity index (χ3n) is 5.30. The second-order valence-electron chi connectivity index (χ2n) is 7.09. The van der Waals surface area contributed by atoms with E-state index in [1.165, 1.54) is 23.1 Å². The first-order valence-electron chi connectivity index (χ1n) is 9.49. The van der Waals surface area contributed by atoms with E-state index >= 15 is 0 Å². The van der Waals surface area contributed by atoms with Crippen LogP contribution in [-0.2, 0) is 13.0 Å². The maximum Gasteiger partial charge on any atom is 0.261 e. The number of aryl methyl sites for hydroxylation is 2. The van der Waals surface area contributed by atoms with Gasteiger partial charge in [-0.1, -0.05) is 36.4 Å². The Labute approximate surface area is 166 Å². The first-order chi connectivity index (χ1) is 14.2. The molecule has 5 aromatic rings. The summed E-state index contributed by atoms with van der Waals surface area (Å²) in [7, 11) is 0. The normalized spacial score (nSPS) is 11.3. The Morgan fingerprint density at radius 1 is 0.931 bits per heavy atom. The second kappa shape index (κ2) is 7.02. The number of fused-ring (bicyclic) bond motifs is 2. The summed E-state index contributed by atoms with van der Waals surface area (Å²) in [5, 5.41) is 1.74. The predicted molar refractivity (Wildman–Crippen MR) is 113 cm³/mol. The molecule has 0 aliphatic rings. The van der Waals surface area contributed by atoms with Crippen LogP contribution in [-0.4, -0.2) is 14.5 Å². The Morgan fingerprint density at radius 2 is 1.72 bits per heavy atom. The van der Waals surface area contributed by atoms with Crippen molar-refractivity contribution in [2.75, 3.05) is 0 Å². The number of hydrogen-bond acceptors (Lipinski definition) is 2. The fourth-order valence-corrected chi connectivity index (χ4v) is 3.72. The van der Waals surface area contributed by atoms with Crippen LogP contribution < -0.4 is 5.56 Å². The number of aromatic amines is 1. The first kappa shape index (κ1) is 17.4. The molecule has 0 aliphatic carbocycles. The second-order valence-corrected chi connectivity index (χ2v) is 7.09. The molecule has 0 spiro atoms. The summed E-state index contributed by atoms with van der Waals surface area (Å²) in [6.45, 7) is 0.546. The highest BCUT2D eigenvalue weighted by molar-refractivity contribution is 5.84. The maximum atomic E-state index is 13.2. The third kappa shape index (κ3) is 3.21. The number of benzene rings is 3. The van der Waals surface area contributed by atoms with Crippen LogP contribution >= 0.6 is 0 Å². The van der Waals surface area contributed by atoms with Crippen molar-refractivity contribution in [1.82, 2.24) is 14.5 Å². The lowest BCUT2D eigenvalue weighted by Gasteiger charge is -2.08. The van der Waals surface area contributed by atoms with E-state index in [2.05, 4.69) is 16.0 Å². The lowest BCUT2D eigenvalue weighted by atomic mass is 10.0. The lowest BCUT2D eigenvalue weighted by Crippen LogP contribution is -2.21. The van der Waals surface area contributed by atoms with Crippen LogP contribution in [0.15, 0.2) is 84.0 Å². The highest BCUT2D eigenvalue weighted by Crippen LogP contribution is 2.23. The van der Waals surface area contributed by atoms with Gasteiger partial charge in [0, 0.05) is 23.6 Å². The van der Waals surface area contributed by atoms with Crippen LogP contribution in [0.1, 0.15) is 5.56 Å². The average Bonchev–Trinajstić information content (AvgIpc) is 3.17. The molecule has 0 saturated carbocycles. The topological polar surface area (TPSA) is 50.7 Å². The van der Waals surface area contributed by atoms with E-state index in [1.807, 2.05) is 42.6 Å². The fraction of sp³-hybridized carbons (Fsp3) is 0.0833. The van der Waals surface area contributed by atoms with Gasteiger partial charge in [-0.2, -0.15) is 0 Å². The minimum atomic E-state index is -0.282. The molecule has 5 rings (SSSR count). The molecule has 29 heavy (non-hydrogen) atoms. The number of H-pyrrole nitrogens is 1. The molecule has 3 aromatic carbocycles. The van der Waals surface area contributed by atoms with Crippen LogP contribution in [0.5, 0.6) is 0 Å². The minimum absolute atomic E-state index is 0.0706. The van der Waals surface area contributed by atoms with Gasteiger partial charge in [0.05, 0.1) is 17.2 Å². The molecule has 2 heterocycles. The van der Waals surface area contributed by atoms with Crippen molar-refractivity contribution in [2.45, 2.75) is 13.0 Å². The summed E-state index contributed by atoms with van der Waals surface area (Å²) in [5.41, 5.74) is 4.58. The predicted octanol–water partition coefficient (Wildman–Crippen LogP) is 4.93. The smallest absolute Gasteiger partial charge is 0.261 e. The zero-order valence-corrected chi connectivity index (χ0v) is 15.6. The summed E-state index contributed by atoms with van der Waals surface area (Å²) in [5.74, 6) is -0.282. The van der Waals surface area contributed by atoms with Gasteiger partial charge in [-0.15, -0.1) is 0 Å². The van der Waals surface area contributed by atoms with Crippen LogP contribution in [0.2, 0.25) is 0 Å². The molecule has 142 valence electrons. The average molecular weight is 383 g/mol. The molecule has 0 radical (unpaired) electrons. The monoisotopic (exact) mass is 383 g/mol. The Balaban J connectivity index is 1.49. The summed E-state index contributed by atoms with van der Waals surface area (Å²) in [4.78, 5) is 20.8. The first-order valence-corrected chi connectivity index (χ1v) is 9.49. The van der Waals surface area contributed by atoms with Gasteiger partial charge in [0.15, 0.2) is 0 Å². The Bertz CT molecular complexity index is 1380. The number of rotatable bonds is 4. The number of aromatic nitrogens is 3. The van der Waals surface area contributed by atoms with E-state index in [0.717, 1.165) is 23.1 Å². The van der Waals surface area contributed by atoms with Crippen LogP contribution in [0.4, 0.5) is 4.39 Å². The Kier molecular flexibility index (Phi) is 4.21. The SMILES string of the molecule is O=c1c2cc(-c3ccc(F)cc3)ccc2ncn1CCc1c[nH]c2ccccc12. The van der Waals surface area contributed by atoms with Gasteiger partial charge >= 0.3 is 0 Å². The standard InChI is InChI=1S/C24H18FN3O/c25-19-8-5-16(6-9-19)17-7-10-23-21(13-17)24(29)28(15-27-23)12-11-18-14-26-22-4-2-1-3-20(18)22/h1-10,13-15,26H,11-12H2. The fourth-order valence-electron chi connectivity index (χ4n) is 3.72. The number of nitrogens with one attached hydrogen (secondary N) is 1. The zero-order chi connectivity index (χ0) is 19.8. The molecular weight excluding hydrogens is 365 g/mol. The minimum Gasteiger partial charge on any atom is -0.361 e. The molecule has 0 bridgehead atoms. The molecule has 0 amide bonds. The van der Waals surface area contributed by atoms with E-state index in [1.54, 1.807) is 23.0 Å². The van der Waals surface area contributed by atoms with Gasteiger partial charge in [-0.25, -0.2) is 9.37 Å². The number of nitrogens with zero attached hydrogens (tertiary/aromatic N) is 2. The van der Waals surface area contributed by atoms with E-state index in [-0.39, 0.29) is 11.4 Å². The van der Waals surface area contributed by atoms with Gasteiger partial charge in [0.25, 0.3) is 5.56 Å². The van der Waals surface area contributed by atoms with Crippen LogP contribution in [0, 0.1) is 5.82 Å². The van der Waals surface area contributed by atoms with Crippen molar-refractivity contribution in [3.05, 3.63) is 101 Å². The highest BCUT2D eigenvalue weighted by atomic mass is 19.1. The van der Waals surface area contributed by atoms with E-state index in [0.29, 0.717) is 17.4 Å². The summed E-state index contributed by atoms with van der Waals surface area (Å²) in [6.07, 6.45) is 4.34. The molecule has 0 unspecified atom stereocenters. The molecule has 1 N–H and O–H groups in total. The molecule has 0 aliphatic heterocycles.